The van der Waals surface area contributed by atoms with Crippen LogP contribution in [0.3, 0.4) is 0 Å². The van der Waals surface area contributed by atoms with E-state index >= 15 is 0 Å². The van der Waals surface area contributed by atoms with Gasteiger partial charge in [-0.05, 0) is 0 Å². The van der Waals surface area contributed by atoms with Crippen LogP contribution in [0.25, 0.3) is 0 Å². The van der Waals surface area contributed by atoms with Crippen molar-refractivity contribution in [2.75, 3.05) is 36.5 Å². The standard InChI is InChI=1S/C14H16N6O3/c21-13(8-20-10-15-2-1-14(20)22)18-11-7-12(17-9-16-11)19-3-5-23-6-4-19/h1-2,7,9-10H,3-6,8H2,(H,16,17,18,21). The Morgan fingerprint density at radius 2 is 2.13 bits per heavy atom. The van der Waals surface area contributed by atoms with E-state index in [4.69, 9.17) is 4.74 Å². The lowest BCUT2D eigenvalue weighted by Crippen LogP contribution is -2.36. The van der Waals surface area contributed by atoms with Crippen LogP contribution in [0, 0.1) is 0 Å². The van der Waals surface area contributed by atoms with Gasteiger partial charge in [0.15, 0.2) is 0 Å². The fourth-order valence-electron chi connectivity index (χ4n) is 2.22. The number of nitrogens with one attached hydrogen (secondary N) is 1. The van der Waals surface area contributed by atoms with Gasteiger partial charge in [0, 0.05) is 31.4 Å². The minimum Gasteiger partial charge on any atom is -0.378 e. The van der Waals surface area contributed by atoms with Crippen molar-refractivity contribution < 1.29 is 9.53 Å². The molecule has 0 radical (unpaired) electrons. The van der Waals surface area contributed by atoms with Crippen LogP contribution in [0.5, 0.6) is 0 Å². The molecule has 0 atom stereocenters. The molecular weight excluding hydrogens is 300 g/mol. The van der Waals surface area contributed by atoms with Crippen molar-refractivity contribution >= 4 is 17.5 Å². The van der Waals surface area contributed by atoms with Crippen molar-refractivity contribution in [3.05, 3.63) is 41.3 Å². The monoisotopic (exact) mass is 316 g/mol. The normalized spacial score (nSPS) is 14.5. The summed E-state index contributed by atoms with van der Waals surface area (Å²) in [7, 11) is 0. The fourth-order valence-corrected chi connectivity index (χ4v) is 2.22. The lowest BCUT2D eigenvalue weighted by atomic mass is 10.4. The molecule has 0 aliphatic carbocycles. The molecule has 2 aromatic heterocycles. The van der Waals surface area contributed by atoms with Gasteiger partial charge < -0.3 is 15.0 Å². The molecule has 3 heterocycles. The van der Waals surface area contributed by atoms with Gasteiger partial charge in [-0.15, -0.1) is 0 Å². The molecule has 120 valence electrons. The molecule has 9 nitrogen and oxygen atoms in total. The molecule has 0 aromatic carbocycles. The summed E-state index contributed by atoms with van der Waals surface area (Å²) in [6.07, 6.45) is 4.10. The molecule has 1 N–H and O–H groups in total. The van der Waals surface area contributed by atoms with Crippen LogP contribution in [0.4, 0.5) is 11.6 Å². The summed E-state index contributed by atoms with van der Waals surface area (Å²) in [5.41, 5.74) is -0.285. The number of anilines is 2. The number of hydrogen-bond acceptors (Lipinski definition) is 7. The Labute approximate surface area is 132 Å². The summed E-state index contributed by atoms with van der Waals surface area (Å²) in [4.78, 5) is 37.7. The van der Waals surface area contributed by atoms with E-state index in [0.29, 0.717) is 19.0 Å². The zero-order valence-electron chi connectivity index (χ0n) is 12.4. The second kappa shape index (κ2) is 6.97. The molecule has 0 unspecified atom stereocenters. The van der Waals surface area contributed by atoms with Crippen LogP contribution in [0.15, 0.2) is 35.8 Å². The van der Waals surface area contributed by atoms with Crippen molar-refractivity contribution in [3.8, 4) is 0 Å². The van der Waals surface area contributed by atoms with Crippen LogP contribution in [0.2, 0.25) is 0 Å². The second-order valence-electron chi connectivity index (χ2n) is 4.96. The van der Waals surface area contributed by atoms with Crippen molar-refractivity contribution in [2.45, 2.75) is 6.54 Å². The van der Waals surface area contributed by atoms with E-state index in [0.717, 1.165) is 18.9 Å². The molecule has 1 fully saturated rings. The molecule has 3 rings (SSSR count). The SMILES string of the molecule is O=C(Cn1cnccc1=O)Nc1cc(N2CCOCC2)ncn1. The number of morpholine rings is 1. The zero-order chi connectivity index (χ0) is 16.1. The van der Waals surface area contributed by atoms with Crippen LogP contribution in [0.1, 0.15) is 0 Å². The average molecular weight is 316 g/mol. The molecule has 0 bridgehead atoms. The summed E-state index contributed by atoms with van der Waals surface area (Å²) in [6.45, 7) is 2.67. The molecule has 1 amide bonds. The van der Waals surface area contributed by atoms with E-state index in [1.54, 1.807) is 6.07 Å². The van der Waals surface area contributed by atoms with E-state index in [1.807, 2.05) is 0 Å². The first-order chi connectivity index (χ1) is 11.2. The Morgan fingerprint density at radius 3 is 2.91 bits per heavy atom. The number of nitrogens with zero attached hydrogens (tertiary/aromatic N) is 5. The lowest BCUT2D eigenvalue weighted by Gasteiger charge is -2.27. The maximum absolute atomic E-state index is 12.0. The van der Waals surface area contributed by atoms with Gasteiger partial charge in [-0.2, -0.15) is 0 Å². The molecule has 2 aromatic rings. The number of aromatic nitrogens is 4. The van der Waals surface area contributed by atoms with Crippen molar-refractivity contribution in [3.63, 3.8) is 0 Å². The minimum absolute atomic E-state index is 0.121. The number of carbonyl (C=O) groups is 1. The van der Waals surface area contributed by atoms with Gasteiger partial charge in [0.2, 0.25) is 5.91 Å². The Kier molecular flexibility index (Phi) is 4.57. The van der Waals surface area contributed by atoms with E-state index in [-0.39, 0.29) is 18.0 Å². The highest BCUT2D eigenvalue weighted by Crippen LogP contribution is 2.15. The predicted molar refractivity (Wildman–Crippen MR) is 82.2 cm³/mol. The van der Waals surface area contributed by atoms with Crippen LogP contribution >= 0.6 is 0 Å². The van der Waals surface area contributed by atoms with Crippen molar-refractivity contribution in [1.82, 2.24) is 19.5 Å². The predicted octanol–water partition coefficient (Wildman–Crippen LogP) is -0.491. The third kappa shape index (κ3) is 3.89. The summed E-state index contributed by atoms with van der Waals surface area (Å²) in [5.74, 6) is 0.771. The highest BCUT2D eigenvalue weighted by molar-refractivity contribution is 5.89. The summed E-state index contributed by atoms with van der Waals surface area (Å²) in [6, 6.07) is 3.00. The third-order valence-electron chi connectivity index (χ3n) is 3.36. The molecule has 0 saturated carbocycles. The number of hydrogen-bond donors (Lipinski definition) is 1. The van der Waals surface area contributed by atoms with Crippen molar-refractivity contribution in [2.24, 2.45) is 0 Å². The number of carbonyl (C=O) groups excluding carboxylic acids is 1. The largest absolute Gasteiger partial charge is 0.378 e. The Hall–Kier alpha value is -2.81. The number of ether oxygens (including phenoxy) is 1. The van der Waals surface area contributed by atoms with Gasteiger partial charge in [-0.1, -0.05) is 0 Å². The van der Waals surface area contributed by atoms with Gasteiger partial charge >= 0.3 is 0 Å². The maximum Gasteiger partial charge on any atom is 0.253 e. The Morgan fingerprint density at radius 1 is 1.30 bits per heavy atom. The third-order valence-corrected chi connectivity index (χ3v) is 3.36. The smallest absolute Gasteiger partial charge is 0.253 e. The molecule has 1 aliphatic heterocycles. The molecule has 23 heavy (non-hydrogen) atoms. The molecular formula is C14H16N6O3. The summed E-state index contributed by atoms with van der Waals surface area (Å²) < 4.78 is 6.52. The van der Waals surface area contributed by atoms with E-state index < -0.39 is 0 Å². The van der Waals surface area contributed by atoms with Crippen molar-refractivity contribution in [1.29, 1.82) is 0 Å². The quantitative estimate of drug-likeness (QED) is 0.812. The average Bonchev–Trinajstić information content (AvgIpc) is 2.58. The first-order valence-electron chi connectivity index (χ1n) is 7.17. The molecule has 0 spiro atoms. The first kappa shape index (κ1) is 15.1. The number of rotatable bonds is 4. The number of amides is 1. The minimum atomic E-state index is -0.355. The van der Waals surface area contributed by atoms with Gasteiger partial charge in [-0.25, -0.2) is 15.0 Å². The topological polar surface area (TPSA) is 102 Å². The van der Waals surface area contributed by atoms with E-state index in [9.17, 15) is 9.59 Å². The molecule has 1 saturated heterocycles. The Balaban J connectivity index is 1.66. The van der Waals surface area contributed by atoms with Crippen LogP contribution in [-0.4, -0.2) is 51.7 Å². The first-order valence-corrected chi connectivity index (χ1v) is 7.17. The van der Waals surface area contributed by atoms with E-state index in [1.165, 1.54) is 29.5 Å². The van der Waals surface area contributed by atoms with Gasteiger partial charge in [0.1, 0.15) is 24.5 Å². The van der Waals surface area contributed by atoms with Crippen LogP contribution < -0.4 is 15.8 Å². The fraction of sp³-hybridized carbons (Fsp3) is 0.357. The van der Waals surface area contributed by atoms with Gasteiger partial charge in [0.05, 0.1) is 19.5 Å². The van der Waals surface area contributed by atoms with Gasteiger partial charge in [0.25, 0.3) is 5.56 Å². The second-order valence-corrected chi connectivity index (χ2v) is 4.96. The molecule has 9 heteroatoms. The van der Waals surface area contributed by atoms with E-state index in [2.05, 4.69) is 25.2 Å². The summed E-state index contributed by atoms with van der Waals surface area (Å²) in [5, 5.41) is 2.66. The van der Waals surface area contributed by atoms with Gasteiger partial charge in [-0.3, -0.25) is 14.2 Å². The van der Waals surface area contributed by atoms with Crippen LogP contribution in [-0.2, 0) is 16.1 Å². The maximum atomic E-state index is 12.0. The lowest BCUT2D eigenvalue weighted by molar-refractivity contribution is -0.116. The Bertz CT molecular complexity index is 741. The highest BCUT2D eigenvalue weighted by atomic mass is 16.5. The summed E-state index contributed by atoms with van der Waals surface area (Å²) >= 11 is 0. The zero-order valence-corrected chi connectivity index (χ0v) is 12.4. The highest BCUT2D eigenvalue weighted by Gasteiger charge is 2.14. The molecule has 1 aliphatic rings.